The number of phenolic OH excluding ortho intramolecular Hbond substituents is 1. The standard InChI is InChI=1S/C29H54O6Si5.CHF3O3S/c1-31-29-25-27(21-22-28(29)30)20-16-23-39(10,33-37(5,6)7)35-40(11,34-38(8,9)32-36(2,3)4)24-15-19-26-17-13-12-14-18-26;2-1(3,4)8(5,6)7/h12-14,17-18,21-22,25,30H,15-16,19-20,23-24H2,1-11H3;(H,5,6,7). The van der Waals surface area contributed by atoms with Crippen molar-refractivity contribution >= 4 is 52.4 Å². The topological polar surface area (TPSA) is 121 Å². The van der Waals surface area contributed by atoms with E-state index in [0.717, 1.165) is 43.3 Å². The lowest BCUT2D eigenvalue weighted by Gasteiger charge is -2.44. The van der Waals surface area contributed by atoms with E-state index in [1.54, 1.807) is 13.2 Å². The highest BCUT2D eigenvalue weighted by Gasteiger charge is 2.48. The SMILES string of the molecule is COc1cc(CCC[Si](C)(O[Si](C)(C)C)O[Si](C)(CCCc2ccccc2)O[Si](C)(C)O[Si](C)(C)C)ccc1O.O=S(=O)(O)C(F)(F)F. The summed E-state index contributed by atoms with van der Waals surface area (Å²) in [6.07, 6.45) is 3.81. The number of aromatic hydroxyl groups is 1. The average Bonchev–Trinajstić information content (AvgIpc) is 2.86. The van der Waals surface area contributed by atoms with Crippen molar-refractivity contribution in [3.8, 4) is 11.5 Å². The molecule has 0 aliphatic carbocycles. The van der Waals surface area contributed by atoms with E-state index in [2.05, 4.69) is 95.8 Å². The Morgan fingerprint density at radius 1 is 0.688 bits per heavy atom. The van der Waals surface area contributed by atoms with Crippen molar-refractivity contribution in [3.63, 3.8) is 0 Å². The molecule has 0 radical (unpaired) electrons. The van der Waals surface area contributed by atoms with Gasteiger partial charge in [-0.15, -0.1) is 0 Å². The predicted octanol–water partition coefficient (Wildman–Crippen LogP) is 8.94. The fourth-order valence-corrected chi connectivity index (χ4v) is 29.2. The molecule has 276 valence electrons. The van der Waals surface area contributed by atoms with Crippen LogP contribution >= 0.6 is 0 Å². The van der Waals surface area contributed by atoms with Gasteiger partial charge >= 0.3 is 41.3 Å². The van der Waals surface area contributed by atoms with Crippen LogP contribution in [0.5, 0.6) is 11.5 Å². The first kappa shape index (κ1) is 44.7. The average molecular weight is 789 g/mol. The van der Waals surface area contributed by atoms with E-state index in [1.807, 2.05) is 12.1 Å². The highest BCUT2D eigenvalue weighted by atomic mass is 32.2. The van der Waals surface area contributed by atoms with Crippen molar-refractivity contribution in [1.82, 2.24) is 0 Å². The molecule has 0 amide bonds. The van der Waals surface area contributed by atoms with Gasteiger partial charge in [-0.2, -0.15) is 21.6 Å². The molecule has 2 unspecified atom stereocenters. The number of rotatable bonds is 17. The molecule has 0 heterocycles. The summed E-state index contributed by atoms with van der Waals surface area (Å²) < 4.78 is 90.7. The molecule has 0 fully saturated rings. The summed E-state index contributed by atoms with van der Waals surface area (Å²) in [7, 11) is -15.6. The second-order valence-corrected chi connectivity index (χ2v) is 35.9. The van der Waals surface area contributed by atoms with Gasteiger partial charge < -0.3 is 26.3 Å². The van der Waals surface area contributed by atoms with Crippen molar-refractivity contribution in [3.05, 3.63) is 59.7 Å². The van der Waals surface area contributed by atoms with Crippen LogP contribution in [-0.4, -0.2) is 73.0 Å². The lowest BCUT2D eigenvalue weighted by atomic mass is 10.1. The summed E-state index contributed by atoms with van der Waals surface area (Å²) in [6.45, 7) is 22.2. The fourth-order valence-electron chi connectivity index (χ4n) is 5.38. The Balaban J connectivity index is 0.00000127. The van der Waals surface area contributed by atoms with Gasteiger partial charge in [-0.25, -0.2) is 0 Å². The Hall–Kier alpha value is -1.34. The van der Waals surface area contributed by atoms with Gasteiger partial charge in [-0.3, -0.25) is 4.55 Å². The second-order valence-electron chi connectivity index (χ2n) is 14.4. The van der Waals surface area contributed by atoms with Crippen LogP contribution in [0.3, 0.4) is 0 Å². The van der Waals surface area contributed by atoms with Crippen LogP contribution in [0.1, 0.15) is 24.0 Å². The molecule has 2 rings (SSSR count). The smallest absolute Gasteiger partial charge is 0.504 e. The molecule has 0 saturated heterocycles. The van der Waals surface area contributed by atoms with Gasteiger partial charge in [0.25, 0.3) is 0 Å². The number of alkyl halides is 3. The number of benzene rings is 2. The molecule has 0 saturated carbocycles. The number of phenols is 1. The number of halogens is 3. The summed E-state index contributed by atoms with van der Waals surface area (Å²) in [6, 6.07) is 18.0. The van der Waals surface area contributed by atoms with Gasteiger partial charge in [0.05, 0.1) is 7.11 Å². The van der Waals surface area contributed by atoms with Gasteiger partial charge in [0, 0.05) is 0 Å². The molecule has 0 aliphatic heterocycles. The Bertz CT molecular complexity index is 1390. The van der Waals surface area contributed by atoms with Crippen LogP contribution in [-0.2, 0) is 39.4 Å². The predicted molar refractivity (Wildman–Crippen MR) is 197 cm³/mol. The molecule has 2 atom stereocenters. The molecule has 2 N–H and O–H groups in total. The van der Waals surface area contributed by atoms with Gasteiger partial charge in [-0.1, -0.05) is 36.4 Å². The van der Waals surface area contributed by atoms with E-state index in [4.69, 9.17) is 34.2 Å². The van der Waals surface area contributed by atoms with Crippen LogP contribution in [0.4, 0.5) is 13.2 Å². The van der Waals surface area contributed by atoms with Crippen LogP contribution in [0.25, 0.3) is 0 Å². The van der Waals surface area contributed by atoms with E-state index >= 15 is 0 Å². The monoisotopic (exact) mass is 788 g/mol. The number of aryl methyl sites for hydroxylation is 2. The molecule has 0 bridgehead atoms. The molecule has 48 heavy (non-hydrogen) atoms. The maximum Gasteiger partial charge on any atom is 0.522 e. The number of ether oxygens (including phenoxy) is 1. The third-order valence-electron chi connectivity index (χ3n) is 6.54. The van der Waals surface area contributed by atoms with E-state index in [-0.39, 0.29) is 5.75 Å². The third kappa shape index (κ3) is 18.1. The summed E-state index contributed by atoms with van der Waals surface area (Å²) in [4.78, 5) is 0. The Morgan fingerprint density at radius 2 is 1.15 bits per heavy atom. The number of methoxy groups -OCH3 is 1. The lowest BCUT2D eigenvalue weighted by molar-refractivity contribution is -0.0510. The molecule has 9 nitrogen and oxygen atoms in total. The molecule has 18 heteroatoms. The van der Waals surface area contributed by atoms with Crippen molar-refractivity contribution in [2.75, 3.05) is 7.11 Å². The first-order chi connectivity index (χ1) is 21.6. The lowest BCUT2D eigenvalue weighted by Crippen LogP contribution is -2.60. The minimum absolute atomic E-state index is 0.164. The zero-order chi connectivity index (χ0) is 37.2. The van der Waals surface area contributed by atoms with Gasteiger partial charge in [0.2, 0.25) is 0 Å². The molecule has 0 aromatic heterocycles. The Labute approximate surface area is 290 Å². The van der Waals surface area contributed by atoms with Crippen molar-refractivity contribution in [1.29, 1.82) is 0 Å². The summed E-state index contributed by atoms with van der Waals surface area (Å²) in [5.41, 5.74) is -3.06. The summed E-state index contributed by atoms with van der Waals surface area (Å²) >= 11 is 0. The third-order valence-corrected chi connectivity index (χ3v) is 25.4. The van der Waals surface area contributed by atoms with Crippen molar-refractivity contribution in [2.24, 2.45) is 0 Å². The van der Waals surface area contributed by atoms with E-state index in [1.165, 1.54) is 5.56 Å². The molecular formula is C30H55F3O9SSi5. The quantitative estimate of drug-likeness (QED) is 0.0920. The molecular weight excluding hydrogens is 734 g/mol. The van der Waals surface area contributed by atoms with Gasteiger partial charge in [0.1, 0.15) is 0 Å². The van der Waals surface area contributed by atoms with Crippen molar-refractivity contribution in [2.45, 2.75) is 109 Å². The summed E-state index contributed by atoms with van der Waals surface area (Å²) in [5.74, 6) is 0.672. The molecule has 2 aromatic carbocycles. The highest BCUT2D eigenvalue weighted by molar-refractivity contribution is 7.86. The molecule has 0 aliphatic rings. The second kappa shape index (κ2) is 17.7. The minimum atomic E-state index is -5.84. The molecule has 2 aromatic rings. The van der Waals surface area contributed by atoms with Crippen LogP contribution in [0.15, 0.2) is 48.5 Å². The fraction of sp³-hybridized carbons (Fsp3) is 0.600. The molecule has 0 spiro atoms. The zero-order valence-electron chi connectivity index (χ0n) is 30.2. The highest BCUT2D eigenvalue weighted by Crippen LogP contribution is 2.33. The van der Waals surface area contributed by atoms with Crippen LogP contribution < -0.4 is 4.74 Å². The Morgan fingerprint density at radius 3 is 1.58 bits per heavy atom. The van der Waals surface area contributed by atoms with Crippen LogP contribution in [0.2, 0.25) is 77.6 Å². The van der Waals surface area contributed by atoms with Crippen LogP contribution in [0, 0.1) is 0 Å². The summed E-state index contributed by atoms with van der Waals surface area (Å²) in [5, 5.41) is 9.98. The van der Waals surface area contributed by atoms with E-state index in [0.29, 0.717) is 5.75 Å². The first-order valence-corrected chi connectivity index (χ1v) is 31.9. The van der Waals surface area contributed by atoms with Crippen molar-refractivity contribution < 1.29 is 52.4 Å². The zero-order valence-corrected chi connectivity index (χ0v) is 36.0. The maximum atomic E-state index is 10.7. The van der Waals surface area contributed by atoms with E-state index < -0.39 is 57.9 Å². The normalized spacial score (nSPS) is 15.6. The number of hydrogen-bond acceptors (Lipinski definition) is 8. The van der Waals surface area contributed by atoms with Gasteiger partial charge in [0.15, 0.2) is 28.1 Å². The maximum absolute atomic E-state index is 10.7. The number of hydrogen-bond donors (Lipinski definition) is 2. The first-order valence-electron chi connectivity index (χ1n) is 15.8. The van der Waals surface area contributed by atoms with Gasteiger partial charge in [-0.05, 0) is 127 Å². The largest absolute Gasteiger partial charge is 0.522 e. The Kier molecular flexibility index (Phi) is 16.5. The van der Waals surface area contributed by atoms with E-state index in [9.17, 15) is 18.3 Å². The minimum Gasteiger partial charge on any atom is -0.504 e.